The Labute approximate surface area is 133 Å². The van der Waals surface area contributed by atoms with Crippen LogP contribution >= 0.6 is 15.9 Å². The minimum Gasteiger partial charge on any atom is -0.490 e. The van der Waals surface area contributed by atoms with Gasteiger partial charge in [0.1, 0.15) is 24.7 Å². The molecule has 2 rings (SSSR count). The molecule has 0 saturated carbocycles. The van der Waals surface area contributed by atoms with Crippen LogP contribution in [0.1, 0.15) is 12.5 Å². The van der Waals surface area contributed by atoms with E-state index in [1.807, 2.05) is 18.2 Å². The maximum absolute atomic E-state index is 5.64. The van der Waals surface area contributed by atoms with Crippen molar-refractivity contribution in [2.75, 3.05) is 19.8 Å². The molecule has 0 saturated heterocycles. The number of pyridine rings is 1. The van der Waals surface area contributed by atoms with E-state index in [0.717, 1.165) is 29.1 Å². The quantitative estimate of drug-likeness (QED) is 0.741. The van der Waals surface area contributed by atoms with Crippen LogP contribution in [0.25, 0.3) is 0 Å². The predicted octanol–water partition coefficient (Wildman–Crippen LogP) is 3.41. The summed E-state index contributed by atoms with van der Waals surface area (Å²) in [7, 11) is 0. The molecule has 0 aliphatic rings. The molecule has 2 aromatic rings. The Morgan fingerprint density at radius 2 is 1.76 bits per heavy atom. The summed E-state index contributed by atoms with van der Waals surface area (Å²) in [5, 5.41) is 3.29. The van der Waals surface area contributed by atoms with Gasteiger partial charge in [-0.15, -0.1) is 0 Å². The van der Waals surface area contributed by atoms with Crippen molar-refractivity contribution in [2.24, 2.45) is 0 Å². The van der Waals surface area contributed by atoms with Crippen molar-refractivity contribution >= 4 is 15.9 Å². The van der Waals surface area contributed by atoms with Crippen molar-refractivity contribution in [2.45, 2.75) is 13.5 Å². The highest BCUT2D eigenvalue weighted by atomic mass is 79.9. The highest BCUT2D eigenvalue weighted by molar-refractivity contribution is 9.10. The monoisotopic (exact) mass is 350 g/mol. The first-order valence-corrected chi connectivity index (χ1v) is 7.73. The molecule has 0 spiro atoms. The molecule has 0 amide bonds. The number of benzene rings is 1. The standard InChI is InChI=1S/C16H19BrN2O2/c1-2-18-10-13-3-5-15(6-4-13)20-7-8-21-16-9-14(17)11-19-12-16/h3-6,9,11-12,18H,2,7-8,10H2,1H3. The van der Waals surface area contributed by atoms with Crippen LogP contribution in [0.3, 0.4) is 0 Å². The van der Waals surface area contributed by atoms with Crippen molar-refractivity contribution < 1.29 is 9.47 Å². The first-order chi connectivity index (χ1) is 10.3. The summed E-state index contributed by atoms with van der Waals surface area (Å²) >= 11 is 3.35. The van der Waals surface area contributed by atoms with E-state index in [1.165, 1.54) is 5.56 Å². The predicted molar refractivity (Wildman–Crippen MR) is 86.7 cm³/mol. The Bertz CT molecular complexity index is 546. The molecule has 0 aliphatic carbocycles. The van der Waals surface area contributed by atoms with Crippen LogP contribution in [0.2, 0.25) is 0 Å². The van der Waals surface area contributed by atoms with Gasteiger partial charge in [-0.3, -0.25) is 4.98 Å². The molecule has 1 N–H and O–H groups in total. The van der Waals surface area contributed by atoms with Gasteiger partial charge in [-0.05, 0) is 46.2 Å². The fraction of sp³-hybridized carbons (Fsp3) is 0.312. The van der Waals surface area contributed by atoms with Gasteiger partial charge >= 0.3 is 0 Å². The summed E-state index contributed by atoms with van der Waals surface area (Å²) in [5.41, 5.74) is 1.25. The van der Waals surface area contributed by atoms with Crippen LogP contribution in [-0.4, -0.2) is 24.7 Å². The summed E-state index contributed by atoms with van der Waals surface area (Å²) in [6, 6.07) is 9.97. The number of nitrogens with zero attached hydrogens (tertiary/aromatic N) is 1. The van der Waals surface area contributed by atoms with Gasteiger partial charge in [0.25, 0.3) is 0 Å². The van der Waals surface area contributed by atoms with Crippen LogP contribution in [0.4, 0.5) is 0 Å². The van der Waals surface area contributed by atoms with Crippen LogP contribution in [0.15, 0.2) is 47.2 Å². The van der Waals surface area contributed by atoms with Gasteiger partial charge in [-0.25, -0.2) is 0 Å². The van der Waals surface area contributed by atoms with E-state index < -0.39 is 0 Å². The molecular formula is C16H19BrN2O2. The number of ether oxygens (including phenoxy) is 2. The zero-order valence-electron chi connectivity index (χ0n) is 12.0. The molecule has 0 radical (unpaired) electrons. The van der Waals surface area contributed by atoms with Crippen molar-refractivity contribution in [3.8, 4) is 11.5 Å². The average Bonchev–Trinajstić information content (AvgIpc) is 2.51. The van der Waals surface area contributed by atoms with Crippen LogP contribution < -0.4 is 14.8 Å². The molecule has 0 fully saturated rings. The SMILES string of the molecule is CCNCc1ccc(OCCOc2cncc(Br)c2)cc1. The first-order valence-electron chi connectivity index (χ1n) is 6.93. The maximum Gasteiger partial charge on any atom is 0.138 e. The van der Waals surface area contributed by atoms with E-state index in [0.29, 0.717) is 13.2 Å². The van der Waals surface area contributed by atoms with Gasteiger partial charge in [0.05, 0.1) is 6.20 Å². The second-order valence-corrected chi connectivity index (χ2v) is 5.38. The molecule has 1 aromatic carbocycles. The highest BCUT2D eigenvalue weighted by Crippen LogP contribution is 2.16. The Morgan fingerprint density at radius 3 is 2.43 bits per heavy atom. The number of halogens is 1. The summed E-state index contributed by atoms with van der Waals surface area (Å²) in [6.07, 6.45) is 3.40. The summed E-state index contributed by atoms with van der Waals surface area (Å²) in [4.78, 5) is 4.04. The van der Waals surface area contributed by atoms with Crippen molar-refractivity contribution in [3.63, 3.8) is 0 Å². The summed E-state index contributed by atoms with van der Waals surface area (Å²) in [5.74, 6) is 1.58. The van der Waals surface area contributed by atoms with E-state index in [1.54, 1.807) is 12.4 Å². The molecule has 5 heteroatoms. The number of rotatable bonds is 8. The molecule has 112 valence electrons. The Balaban J connectivity index is 1.71. The van der Waals surface area contributed by atoms with Gasteiger partial charge in [-0.1, -0.05) is 19.1 Å². The van der Waals surface area contributed by atoms with Gasteiger partial charge in [0.2, 0.25) is 0 Å². The van der Waals surface area contributed by atoms with Gasteiger partial charge in [0.15, 0.2) is 0 Å². The fourth-order valence-electron chi connectivity index (χ4n) is 1.76. The highest BCUT2D eigenvalue weighted by Gasteiger charge is 1.98. The van der Waals surface area contributed by atoms with E-state index in [-0.39, 0.29) is 0 Å². The number of nitrogens with one attached hydrogen (secondary N) is 1. The van der Waals surface area contributed by atoms with E-state index in [9.17, 15) is 0 Å². The Morgan fingerprint density at radius 1 is 1.05 bits per heavy atom. The van der Waals surface area contributed by atoms with Crippen LogP contribution in [-0.2, 0) is 6.54 Å². The van der Waals surface area contributed by atoms with Crippen molar-refractivity contribution in [3.05, 3.63) is 52.8 Å². The largest absolute Gasteiger partial charge is 0.490 e. The van der Waals surface area contributed by atoms with Gasteiger partial charge < -0.3 is 14.8 Å². The summed E-state index contributed by atoms with van der Waals surface area (Å²) < 4.78 is 12.1. The van der Waals surface area contributed by atoms with Crippen LogP contribution in [0.5, 0.6) is 11.5 Å². The van der Waals surface area contributed by atoms with Gasteiger partial charge in [0, 0.05) is 17.2 Å². The smallest absolute Gasteiger partial charge is 0.138 e. The lowest BCUT2D eigenvalue weighted by Crippen LogP contribution is -2.11. The molecule has 0 aliphatic heterocycles. The molecule has 1 aromatic heterocycles. The van der Waals surface area contributed by atoms with Crippen molar-refractivity contribution in [1.29, 1.82) is 0 Å². The molecule has 0 bridgehead atoms. The third-order valence-corrected chi connectivity index (χ3v) is 3.24. The van der Waals surface area contributed by atoms with E-state index >= 15 is 0 Å². The minimum atomic E-state index is 0.483. The third-order valence-electron chi connectivity index (χ3n) is 2.80. The fourth-order valence-corrected chi connectivity index (χ4v) is 2.11. The number of hydrogen-bond acceptors (Lipinski definition) is 4. The Hall–Kier alpha value is -1.59. The van der Waals surface area contributed by atoms with E-state index in [4.69, 9.17) is 9.47 Å². The normalized spacial score (nSPS) is 10.4. The first kappa shape index (κ1) is 15.8. The zero-order valence-corrected chi connectivity index (χ0v) is 13.6. The molecule has 0 atom stereocenters. The number of aromatic nitrogens is 1. The lowest BCUT2D eigenvalue weighted by molar-refractivity contribution is 0.216. The maximum atomic E-state index is 5.64. The van der Waals surface area contributed by atoms with E-state index in [2.05, 4.69) is 45.3 Å². The Kier molecular flexibility index (Phi) is 6.50. The zero-order chi connectivity index (χ0) is 14.9. The minimum absolute atomic E-state index is 0.483. The second-order valence-electron chi connectivity index (χ2n) is 4.46. The molecule has 21 heavy (non-hydrogen) atoms. The topological polar surface area (TPSA) is 43.4 Å². The van der Waals surface area contributed by atoms with Crippen molar-refractivity contribution in [1.82, 2.24) is 10.3 Å². The summed E-state index contributed by atoms with van der Waals surface area (Å²) in [6.45, 7) is 4.93. The third kappa shape index (κ3) is 5.73. The second kappa shape index (κ2) is 8.64. The lowest BCUT2D eigenvalue weighted by atomic mass is 10.2. The number of hydrogen-bond donors (Lipinski definition) is 1. The lowest BCUT2D eigenvalue weighted by Gasteiger charge is -2.09. The molecule has 0 unspecified atom stereocenters. The van der Waals surface area contributed by atoms with Crippen LogP contribution in [0, 0.1) is 0 Å². The average molecular weight is 351 g/mol. The molecular weight excluding hydrogens is 332 g/mol. The molecule has 1 heterocycles. The van der Waals surface area contributed by atoms with Gasteiger partial charge in [-0.2, -0.15) is 0 Å². The molecule has 4 nitrogen and oxygen atoms in total.